The largest absolute Gasteiger partial charge is 0.425 e. The average Bonchev–Trinajstić information content (AvgIpc) is 3.00. The van der Waals surface area contributed by atoms with E-state index in [9.17, 15) is 14.4 Å². The van der Waals surface area contributed by atoms with Crippen LogP contribution in [0.4, 0.5) is 0 Å². The Hall–Kier alpha value is -3.73. The van der Waals surface area contributed by atoms with E-state index in [-0.39, 0.29) is 6.42 Å². The fraction of sp³-hybridized carbons (Fsp3) is 0.160. The SMILES string of the molecule is Cc1ccc(C)c(OC(=O)[C@@H](Cc2ccccc2)N2C(=O)c3ccccc3C2=O)c1. The quantitative estimate of drug-likeness (QED) is 0.368. The molecule has 5 heteroatoms. The fourth-order valence-electron chi connectivity index (χ4n) is 3.60. The monoisotopic (exact) mass is 399 g/mol. The predicted molar refractivity (Wildman–Crippen MR) is 112 cm³/mol. The molecule has 3 aromatic carbocycles. The zero-order valence-corrected chi connectivity index (χ0v) is 16.8. The summed E-state index contributed by atoms with van der Waals surface area (Å²) in [5.41, 5.74) is 3.19. The molecule has 1 aliphatic rings. The maximum Gasteiger partial charge on any atom is 0.335 e. The number of benzene rings is 3. The standard InChI is InChI=1S/C25H21NO4/c1-16-12-13-17(2)22(14-16)30-25(29)21(15-18-8-4-3-5-9-18)26-23(27)19-10-6-7-11-20(19)24(26)28/h3-14,21H,15H2,1-2H3/t21-/m1/s1. The van der Waals surface area contributed by atoms with Gasteiger partial charge in [0.1, 0.15) is 11.8 Å². The number of esters is 1. The zero-order valence-electron chi connectivity index (χ0n) is 16.8. The number of ether oxygens (including phenoxy) is 1. The zero-order chi connectivity index (χ0) is 21.3. The van der Waals surface area contributed by atoms with Crippen LogP contribution >= 0.6 is 0 Å². The van der Waals surface area contributed by atoms with Gasteiger partial charge in [0.2, 0.25) is 0 Å². The lowest BCUT2D eigenvalue weighted by atomic mass is 10.0. The van der Waals surface area contributed by atoms with Gasteiger partial charge in [-0.15, -0.1) is 0 Å². The summed E-state index contributed by atoms with van der Waals surface area (Å²) in [5.74, 6) is -1.17. The van der Waals surface area contributed by atoms with Gasteiger partial charge in [0.15, 0.2) is 0 Å². The van der Waals surface area contributed by atoms with E-state index in [4.69, 9.17) is 4.74 Å². The van der Waals surface area contributed by atoms with Crippen LogP contribution in [0.3, 0.4) is 0 Å². The number of aryl methyl sites for hydroxylation is 2. The Bertz CT molecular complexity index is 1100. The maximum atomic E-state index is 13.2. The number of amides is 2. The molecule has 0 spiro atoms. The molecule has 0 unspecified atom stereocenters. The van der Waals surface area contributed by atoms with Crippen molar-refractivity contribution in [2.24, 2.45) is 0 Å². The summed E-state index contributed by atoms with van der Waals surface area (Å²) in [6.07, 6.45) is 0.177. The lowest BCUT2D eigenvalue weighted by Crippen LogP contribution is -2.48. The first kappa shape index (κ1) is 19.6. The smallest absolute Gasteiger partial charge is 0.335 e. The van der Waals surface area contributed by atoms with Crippen molar-refractivity contribution in [2.45, 2.75) is 26.3 Å². The third-order valence-electron chi connectivity index (χ3n) is 5.24. The van der Waals surface area contributed by atoms with Gasteiger partial charge < -0.3 is 4.74 Å². The molecule has 30 heavy (non-hydrogen) atoms. The third kappa shape index (κ3) is 3.62. The van der Waals surface area contributed by atoms with Crippen LogP contribution in [0.15, 0.2) is 72.8 Å². The van der Waals surface area contributed by atoms with Crippen LogP contribution in [0.25, 0.3) is 0 Å². The lowest BCUT2D eigenvalue weighted by molar-refractivity contribution is -0.138. The Morgan fingerprint density at radius 1 is 0.867 bits per heavy atom. The maximum absolute atomic E-state index is 13.2. The van der Waals surface area contributed by atoms with E-state index in [1.54, 1.807) is 30.3 Å². The summed E-state index contributed by atoms with van der Waals surface area (Å²) in [6.45, 7) is 3.75. The molecule has 0 fully saturated rings. The van der Waals surface area contributed by atoms with Gasteiger partial charge in [-0.25, -0.2) is 4.79 Å². The van der Waals surface area contributed by atoms with Crippen molar-refractivity contribution in [1.82, 2.24) is 4.90 Å². The average molecular weight is 399 g/mol. The van der Waals surface area contributed by atoms with Gasteiger partial charge in [-0.1, -0.05) is 54.6 Å². The number of hydrogen-bond donors (Lipinski definition) is 0. The normalized spacial score (nSPS) is 13.9. The minimum atomic E-state index is -1.07. The van der Waals surface area contributed by atoms with Crippen LogP contribution in [0.1, 0.15) is 37.4 Å². The van der Waals surface area contributed by atoms with Gasteiger partial charge in [0.25, 0.3) is 11.8 Å². The van der Waals surface area contributed by atoms with Crippen molar-refractivity contribution in [3.8, 4) is 5.75 Å². The van der Waals surface area contributed by atoms with Gasteiger partial charge in [0, 0.05) is 6.42 Å². The summed E-state index contributed by atoms with van der Waals surface area (Å²) in [7, 11) is 0. The van der Waals surface area contributed by atoms with Crippen LogP contribution in [0.5, 0.6) is 5.75 Å². The number of nitrogens with zero attached hydrogens (tertiary/aromatic N) is 1. The number of rotatable bonds is 5. The first-order valence-corrected chi connectivity index (χ1v) is 9.75. The van der Waals surface area contributed by atoms with Gasteiger partial charge in [-0.2, -0.15) is 0 Å². The van der Waals surface area contributed by atoms with Crippen molar-refractivity contribution in [1.29, 1.82) is 0 Å². The second-order valence-corrected chi connectivity index (χ2v) is 7.42. The molecule has 0 saturated heterocycles. The van der Waals surface area contributed by atoms with E-state index in [1.165, 1.54) is 0 Å². The van der Waals surface area contributed by atoms with Crippen molar-refractivity contribution >= 4 is 17.8 Å². The number of imide groups is 1. The molecule has 5 nitrogen and oxygen atoms in total. The first-order chi connectivity index (χ1) is 14.5. The van der Waals surface area contributed by atoms with Gasteiger partial charge in [-0.05, 0) is 48.7 Å². The highest BCUT2D eigenvalue weighted by molar-refractivity contribution is 6.22. The minimum absolute atomic E-state index is 0.177. The second-order valence-electron chi connectivity index (χ2n) is 7.42. The van der Waals surface area contributed by atoms with Crippen molar-refractivity contribution in [2.75, 3.05) is 0 Å². The molecule has 0 radical (unpaired) electrons. The summed E-state index contributed by atoms with van der Waals surface area (Å²) < 4.78 is 5.68. The number of fused-ring (bicyclic) bond motifs is 1. The molecule has 3 aromatic rings. The Morgan fingerprint density at radius 2 is 1.47 bits per heavy atom. The summed E-state index contributed by atoms with van der Waals surface area (Å²) in [4.78, 5) is 40.3. The number of carbonyl (C=O) groups is 3. The van der Waals surface area contributed by atoms with E-state index in [0.29, 0.717) is 16.9 Å². The molecule has 1 aliphatic heterocycles. The van der Waals surface area contributed by atoms with Gasteiger partial charge in [0.05, 0.1) is 11.1 Å². The second kappa shape index (κ2) is 7.95. The van der Waals surface area contributed by atoms with Crippen molar-refractivity contribution in [3.05, 3.63) is 101 Å². The first-order valence-electron chi connectivity index (χ1n) is 9.75. The molecule has 4 rings (SSSR count). The van der Waals surface area contributed by atoms with Gasteiger partial charge >= 0.3 is 5.97 Å². The molecule has 0 bridgehead atoms. The molecule has 2 amide bonds. The Labute approximate surface area is 174 Å². The van der Waals surface area contributed by atoms with Crippen LogP contribution in [0.2, 0.25) is 0 Å². The molecule has 150 valence electrons. The molecular formula is C25H21NO4. The van der Waals surface area contributed by atoms with E-state index in [1.807, 2.05) is 56.3 Å². The highest BCUT2D eigenvalue weighted by Crippen LogP contribution is 2.28. The third-order valence-corrected chi connectivity index (χ3v) is 5.24. The summed E-state index contributed by atoms with van der Waals surface area (Å²) in [6, 6.07) is 20.4. The lowest BCUT2D eigenvalue weighted by Gasteiger charge is -2.25. The highest BCUT2D eigenvalue weighted by atomic mass is 16.5. The topological polar surface area (TPSA) is 63.7 Å². The van der Waals surface area contributed by atoms with E-state index in [2.05, 4.69) is 0 Å². The van der Waals surface area contributed by atoms with Crippen molar-refractivity contribution < 1.29 is 19.1 Å². The van der Waals surface area contributed by atoms with Gasteiger partial charge in [-0.3, -0.25) is 14.5 Å². The number of carbonyl (C=O) groups excluding carboxylic acids is 3. The predicted octanol–water partition coefficient (Wildman–Crippen LogP) is 4.12. The Morgan fingerprint density at radius 3 is 2.10 bits per heavy atom. The van der Waals surface area contributed by atoms with Crippen LogP contribution < -0.4 is 4.74 Å². The molecule has 0 aliphatic carbocycles. The molecular weight excluding hydrogens is 378 g/mol. The molecule has 0 N–H and O–H groups in total. The molecule has 1 atom stereocenters. The van der Waals surface area contributed by atoms with E-state index < -0.39 is 23.8 Å². The Balaban J connectivity index is 1.70. The molecule has 1 heterocycles. The van der Waals surface area contributed by atoms with Crippen LogP contribution in [-0.4, -0.2) is 28.7 Å². The molecule has 0 saturated carbocycles. The minimum Gasteiger partial charge on any atom is -0.425 e. The summed E-state index contributed by atoms with van der Waals surface area (Å²) in [5, 5.41) is 0. The summed E-state index contributed by atoms with van der Waals surface area (Å²) >= 11 is 0. The number of hydrogen-bond acceptors (Lipinski definition) is 4. The van der Waals surface area contributed by atoms with Crippen LogP contribution in [-0.2, 0) is 11.2 Å². The van der Waals surface area contributed by atoms with E-state index in [0.717, 1.165) is 21.6 Å². The van der Waals surface area contributed by atoms with Crippen LogP contribution in [0, 0.1) is 13.8 Å². The Kier molecular flexibility index (Phi) is 5.19. The van der Waals surface area contributed by atoms with Crippen molar-refractivity contribution in [3.63, 3.8) is 0 Å². The molecule has 0 aromatic heterocycles. The fourth-order valence-corrected chi connectivity index (χ4v) is 3.60. The highest BCUT2D eigenvalue weighted by Gasteiger charge is 2.43. The van der Waals surface area contributed by atoms with E-state index >= 15 is 0 Å².